The van der Waals surface area contributed by atoms with Gasteiger partial charge in [0.05, 0.1) is 12.0 Å². The second-order valence-corrected chi connectivity index (χ2v) is 2.12. The van der Waals surface area contributed by atoms with Crippen LogP contribution in [0, 0.1) is 24.2 Å². The SMILES string of the molecule is [CH2]C(=O)N1CC(C#N)C1. The lowest BCUT2D eigenvalue weighted by Gasteiger charge is -2.34. The van der Waals surface area contributed by atoms with Crippen LogP contribution in [0.15, 0.2) is 0 Å². The zero-order valence-corrected chi connectivity index (χ0v) is 5.00. The summed E-state index contributed by atoms with van der Waals surface area (Å²) in [4.78, 5) is 11.9. The number of carbonyl (C=O) groups is 1. The molecule has 0 N–H and O–H groups in total. The zero-order chi connectivity index (χ0) is 6.85. The molecule has 9 heavy (non-hydrogen) atoms. The monoisotopic (exact) mass is 123 g/mol. The van der Waals surface area contributed by atoms with Crippen molar-refractivity contribution in [1.29, 1.82) is 5.26 Å². The van der Waals surface area contributed by atoms with E-state index in [-0.39, 0.29) is 11.8 Å². The molecule has 3 heteroatoms. The van der Waals surface area contributed by atoms with E-state index in [9.17, 15) is 4.79 Å². The van der Waals surface area contributed by atoms with Crippen molar-refractivity contribution in [2.24, 2.45) is 5.92 Å². The van der Waals surface area contributed by atoms with Gasteiger partial charge in [-0.1, -0.05) is 0 Å². The Balaban J connectivity index is 2.29. The summed E-state index contributed by atoms with van der Waals surface area (Å²) in [7, 11) is 0. The molecule has 3 nitrogen and oxygen atoms in total. The smallest absolute Gasteiger partial charge is 0.223 e. The highest BCUT2D eigenvalue weighted by Gasteiger charge is 2.27. The summed E-state index contributed by atoms with van der Waals surface area (Å²) in [6.45, 7) is 4.34. The minimum atomic E-state index is -0.179. The first-order valence-electron chi connectivity index (χ1n) is 2.74. The van der Waals surface area contributed by atoms with Crippen molar-refractivity contribution in [2.75, 3.05) is 13.1 Å². The second-order valence-electron chi connectivity index (χ2n) is 2.12. The van der Waals surface area contributed by atoms with Crippen molar-refractivity contribution in [3.63, 3.8) is 0 Å². The van der Waals surface area contributed by atoms with Crippen LogP contribution in [0.3, 0.4) is 0 Å². The van der Waals surface area contributed by atoms with Crippen LogP contribution < -0.4 is 0 Å². The van der Waals surface area contributed by atoms with E-state index in [2.05, 4.69) is 13.0 Å². The minimum absolute atomic E-state index is 0.0516. The van der Waals surface area contributed by atoms with E-state index in [0.29, 0.717) is 13.1 Å². The predicted molar refractivity (Wildman–Crippen MR) is 31.0 cm³/mol. The summed E-state index contributed by atoms with van der Waals surface area (Å²) < 4.78 is 0. The molecule has 1 saturated heterocycles. The van der Waals surface area contributed by atoms with Gasteiger partial charge in [0.25, 0.3) is 0 Å². The Morgan fingerprint density at radius 3 is 2.67 bits per heavy atom. The van der Waals surface area contributed by atoms with Crippen LogP contribution >= 0.6 is 0 Å². The third kappa shape index (κ3) is 1.02. The number of carbonyl (C=O) groups excluding carboxylic acids is 1. The Hall–Kier alpha value is -1.04. The molecule has 0 saturated carbocycles. The number of nitriles is 1. The molecule has 0 aliphatic carbocycles. The van der Waals surface area contributed by atoms with E-state index in [0.717, 1.165) is 0 Å². The average molecular weight is 123 g/mol. The molecule has 1 aliphatic heterocycles. The number of likely N-dealkylation sites (tertiary alicyclic amines) is 1. The predicted octanol–water partition coefficient (Wildman–Crippen LogP) is -0.198. The van der Waals surface area contributed by atoms with Crippen molar-refractivity contribution < 1.29 is 4.79 Å². The van der Waals surface area contributed by atoms with Gasteiger partial charge in [0.15, 0.2) is 0 Å². The van der Waals surface area contributed by atoms with E-state index < -0.39 is 0 Å². The van der Waals surface area contributed by atoms with Gasteiger partial charge >= 0.3 is 0 Å². The van der Waals surface area contributed by atoms with Gasteiger partial charge in [-0.3, -0.25) is 4.79 Å². The molecule has 0 aromatic heterocycles. The van der Waals surface area contributed by atoms with Gasteiger partial charge < -0.3 is 4.90 Å². The average Bonchev–Trinajstić information content (AvgIpc) is 1.61. The molecule has 1 fully saturated rings. The van der Waals surface area contributed by atoms with Gasteiger partial charge in [-0.25, -0.2) is 0 Å². The van der Waals surface area contributed by atoms with Gasteiger partial charge in [-0.15, -0.1) is 0 Å². The summed E-state index contributed by atoms with van der Waals surface area (Å²) in [5.74, 6) is -0.128. The van der Waals surface area contributed by atoms with E-state index in [4.69, 9.17) is 5.26 Å². The molecule has 47 valence electrons. The maximum absolute atomic E-state index is 10.4. The molecule has 0 bridgehead atoms. The quantitative estimate of drug-likeness (QED) is 0.448. The van der Waals surface area contributed by atoms with E-state index in [1.165, 1.54) is 0 Å². The first-order chi connectivity index (χ1) is 4.24. The summed E-state index contributed by atoms with van der Waals surface area (Å²) >= 11 is 0. The number of hydrogen-bond acceptors (Lipinski definition) is 2. The normalized spacial score (nSPS) is 18.4. The molecular formula is C6H7N2O. The van der Waals surface area contributed by atoms with Crippen LogP contribution in [-0.4, -0.2) is 23.9 Å². The number of amides is 1. The molecule has 1 radical (unpaired) electrons. The fourth-order valence-corrected chi connectivity index (χ4v) is 0.764. The lowest BCUT2D eigenvalue weighted by molar-refractivity contribution is -0.131. The Bertz CT molecular complexity index is 164. The van der Waals surface area contributed by atoms with Gasteiger partial charge in [0, 0.05) is 20.0 Å². The molecule has 1 aliphatic rings. The maximum Gasteiger partial charge on any atom is 0.223 e. The van der Waals surface area contributed by atoms with Crippen molar-refractivity contribution in [3.8, 4) is 6.07 Å². The summed E-state index contributed by atoms with van der Waals surface area (Å²) in [5, 5.41) is 8.28. The summed E-state index contributed by atoms with van der Waals surface area (Å²) in [6, 6.07) is 2.06. The number of rotatable bonds is 0. The Labute approximate surface area is 53.9 Å². The van der Waals surface area contributed by atoms with E-state index in [1.54, 1.807) is 4.90 Å². The Morgan fingerprint density at radius 1 is 1.78 bits per heavy atom. The van der Waals surface area contributed by atoms with Crippen LogP contribution in [0.4, 0.5) is 0 Å². The number of hydrogen-bond donors (Lipinski definition) is 0. The van der Waals surface area contributed by atoms with Gasteiger partial charge in [0.2, 0.25) is 5.91 Å². The molecule has 0 atom stereocenters. The van der Waals surface area contributed by atoms with Crippen molar-refractivity contribution in [1.82, 2.24) is 4.90 Å². The fourth-order valence-electron chi connectivity index (χ4n) is 0.764. The van der Waals surface area contributed by atoms with Crippen LogP contribution in [-0.2, 0) is 4.79 Å². The fraction of sp³-hybridized carbons (Fsp3) is 0.500. The zero-order valence-electron chi connectivity index (χ0n) is 5.00. The highest BCUT2D eigenvalue weighted by molar-refractivity contribution is 5.81. The first-order valence-corrected chi connectivity index (χ1v) is 2.74. The highest BCUT2D eigenvalue weighted by Crippen LogP contribution is 2.12. The molecule has 0 aromatic rings. The van der Waals surface area contributed by atoms with Crippen LogP contribution in [0.2, 0.25) is 0 Å². The Morgan fingerprint density at radius 2 is 2.33 bits per heavy atom. The van der Waals surface area contributed by atoms with Crippen LogP contribution in [0.1, 0.15) is 0 Å². The van der Waals surface area contributed by atoms with E-state index in [1.807, 2.05) is 0 Å². The summed E-state index contributed by atoms with van der Waals surface area (Å²) in [6.07, 6.45) is 0. The minimum Gasteiger partial charge on any atom is -0.340 e. The lowest BCUT2D eigenvalue weighted by atomic mass is 10.0. The van der Waals surface area contributed by atoms with Gasteiger partial charge in [-0.05, 0) is 0 Å². The van der Waals surface area contributed by atoms with Crippen molar-refractivity contribution in [3.05, 3.63) is 6.92 Å². The van der Waals surface area contributed by atoms with Crippen molar-refractivity contribution in [2.45, 2.75) is 0 Å². The Kier molecular flexibility index (Phi) is 1.39. The molecule has 0 spiro atoms. The first kappa shape index (κ1) is 6.09. The molecule has 1 rings (SSSR count). The molecule has 1 heterocycles. The largest absolute Gasteiger partial charge is 0.340 e. The van der Waals surface area contributed by atoms with Crippen molar-refractivity contribution >= 4 is 5.91 Å². The highest BCUT2D eigenvalue weighted by atomic mass is 16.2. The topological polar surface area (TPSA) is 44.1 Å². The third-order valence-corrected chi connectivity index (χ3v) is 1.42. The van der Waals surface area contributed by atoms with Crippen LogP contribution in [0.25, 0.3) is 0 Å². The second kappa shape index (κ2) is 2.06. The van der Waals surface area contributed by atoms with Gasteiger partial charge in [-0.2, -0.15) is 5.26 Å². The molecule has 1 amide bonds. The van der Waals surface area contributed by atoms with E-state index >= 15 is 0 Å². The summed E-state index contributed by atoms with van der Waals surface area (Å²) in [5.41, 5.74) is 0. The molecule has 0 unspecified atom stereocenters. The molecule has 0 aromatic carbocycles. The van der Waals surface area contributed by atoms with Gasteiger partial charge in [0.1, 0.15) is 0 Å². The maximum atomic E-state index is 10.4. The third-order valence-electron chi connectivity index (χ3n) is 1.42. The number of nitrogens with zero attached hydrogens (tertiary/aromatic N) is 2. The standard InChI is InChI=1S/C6H7N2O/c1-5(9)8-3-6(2-7)4-8/h6H,1,3-4H2. The molecular weight excluding hydrogens is 116 g/mol. The van der Waals surface area contributed by atoms with Crippen LogP contribution in [0.5, 0.6) is 0 Å². The lowest BCUT2D eigenvalue weighted by Crippen LogP contribution is -2.48.